The maximum Gasteiger partial charge on any atom is 0.508 e. The van der Waals surface area contributed by atoms with Crippen molar-refractivity contribution in [3.8, 4) is 0 Å². The molecule has 246 valence electrons. The van der Waals surface area contributed by atoms with E-state index in [1.807, 2.05) is 0 Å². The molecule has 1 unspecified atom stereocenters. The highest BCUT2D eigenvalue weighted by molar-refractivity contribution is 5.91. The molecule has 5 rings (SSSR count). The van der Waals surface area contributed by atoms with Gasteiger partial charge in [-0.2, -0.15) is 0 Å². The molecule has 12 heteroatoms. The molecule has 1 fully saturated rings. The van der Waals surface area contributed by atoms with Crippen LogP contribution in [0.1, 0.15) is 48.4 Å². The minimum absolute atomic E-state index is 0.0695. The molecular weight excluding hydrogens is 624 g/mol. The van der Waals surface area contributed by atoms with Crippen LogP contribution in [0.2, 0.25) is 0 Å². The van der Waals surface area contributed by atoms with Gasteiger partial charge in [0.2, 0.25) is 6.10 Å². The van der Waals surface area contributed by atoms with Gasteiger partial charge in [-0.1, -0.05) is 72.8 Å². The van der Waals surface area contributed by atoms with Crippen molar-refractivity contribution in [1.82, 2.24) is 0 Å². The third kappa shape index (κ3) is 8.03. The highest BCUT2D eigenvalue weighted by atomic mass is 16.8. The van der Waals surface area contributed by atoms with Crippen molar-refractivity contribution in [2.24, 2.45) is 0 Å². The molecule has 0 amide bonds. The van der Waals surface area contributed by atoms with Crippen LogP contribution < -0.4 is 0 Å². The predicted octanol–water partition coefficient (Wildman–Crippen LogP) is 5.33. The van der Waals surface area contributed by atoms with E-state index in [9.17, 15) is 29.1 Å². The second-order valence-electron chi connectivity index (χ2n) is 10.7. The normalized spacial score (nSPS) is 21.6. The number of esters is 4. The summed E-state index contributed by atoms with van der Waals surface area (Å²) in [6.07, 6.45) is -8.56. The van der Waals surface area contributed by atoms with Crippen LogP contribution in [0, 0.1) is 0 Å². The summed E-state index contributed by atoms with van der Waals surface area (Å²) in [6, 6.07) is 31.3. The molecule has 0 radical (unpaired) electrons. The maximum absolute atomic E-state index is 13.5. The first-order valence-electron chi connectivity index (χ1n) is 14.7. The minimum atomic E-state index is -2.38. The van der Waals surface area contributed by atoms with E-state index in [1.165, 1.54) is 48.5 Å². The monoisotopic (exact) mass is 654 g/mol. The van der Waals surface area contributed by atoms with E-state index in [-0.39, 0.29) is 22.3 Å². The summed E-state index contributed by atoms with van der Waals surface area (Å²) >= 11 is 0. The summed E-state index contributed by atoms with van der Waals surface area (Å²) in [5.74, 6) is -5.92. The molecule has 4 aromatic carbocycles. The van der Waals surface area contributed by atoms with Crippen molar-refractivity contribution in [2.45, 2.75) is 37.1 Å². The summed E-state index contributed by atoms with van der Waals surface area (Å²) in [5.41, 5.74) is 0.453. The molecule has 4 aromatic rings. The molecule has 48 heavy (non-hydrogen) atoms. The van der Waals surface area contributed by atoms with Gasteiger partial charge >= 0.3 is 30.0 Å². The standard InChI is InChI=1S/C36H30O12/c1-36(48-35(41)42)30(46-34(40)26-20-12-5-13-21-26)29(45-33(39)25-18-10-4-11-19-25)28(44-32(38)24-16-8-3-9-17-24)27(47-36)22-43-31(37)23-14-6-2-7-15-23/h2-21,27-30H,22H2,1H3,(H,41,42)/t27-,28-,29+,30+,36?/m1/s1. The zero-order chi connectivity index (χ0) is 34.1. The summed E-state index contributed by atoms with van der Waals surface area (Å²) < 4.78 is 34.2. The number of carbonyl (C=O) groups excluding carboxylic acids is 4. The van der Waals surface area contributed by atoms with Crippen molar-refractivity contribution >= 4 is 30.0 Å². The molecule has 12 nitrogen and oxygen atoms in total. The molecule has 1 aliphatic heterocycles. The smallest absolute Gasteiger partial charge is 0.459 e. The quantitative estimate of drug-likeness (QED) is 0.173. The Morgan fingerprint density at radius 3 is 1.38 bits per heavy atom. The number of carboxylic acid groups (broad SMARTS) is 1. The fraction of sp³-hybridized carbons (Fsp3) is 0.194. The van der Waals surface area contributed by atoms with E-state index in [1.54, 1.807) is 72.8 Å². The molecule has 5 atom stereocenters. The van der Waals surface area contributed by atoms with Crippen LogP contribution in [0.3, 0.4) is 0 Å². The lowest BCUT2D eigenvalue weighted by Gasteiger charge is -2.48. The van der Waals surface area contributed by atoms with Crippen LogP contribution >= 0.6 is 0 Å². The maximum atomic E-state index is 13.5. The Bertz CT molecular complexity index is 1730. The summed E-state index contributed by atoms with van der Waals surface area (Å²) in [6.45, 7) is 0.520. The van der Waals surface area contributed by atoms with Gasteiger partial charge in [0.05, 0.1) is 22.3 Å². The van der Waals surface area contributed by atoms with Crippen molar-refractivity contribution in [1.29, 1.82) is 0 Å². The van der Waals surface area contributed by atoms with Crippen LogP contribution in [0.5, 0.6) is 0 Å². The molecule has 1 aliphatic rings. The van der Waals surface area contributed by atoms with Gasteiger partial charge in [0.1, 0.15) is 12.7 Å². The number of rotatable bonds is 10. The average molecular weight is 655 g/mol. The molecular formula is C36H30O12. The highest BCUT2D eigenvalue weighted by Crippen LogP contribution is 2.38. The van der Waals surface area contributed by atoms with E-state index in [4.69, 9.17) is 28.4 Å². The Kier molecular flexibility index (Phi) is 10.5. The lowest BCUT2D eigenvalue weighted by atomic mass is 9.92. The van der Waals surface area contributed by atoms with E-state index >= 15 is 0 Å². The number of hydrogen-bond donors (Lipinski definition) is 1. The first-order valence-corrected chi connectivity index (χ1v) is 14.7. The average Bonchev–Trinajstić information content (AvgIpc) is 3.11. The Balaban J connectivity index is 1.58. The van der Waals surface area contributed by atoms with Crippen molar-refractivity contribution in [3.05, 3.63) is 144 Å². The molecule has 1 saturated heterocycles. The lowest BCUT2D eigenvalue weighted by molar-refractivity contribution is -0.338. The van der Waals surface area contributed by atoms with Gasteiger partial charge < -0.3 is 33.5 Å². The topological polar surface area (TPSA) is 161 Å². The number of ether oxygens (including phenoxy) is 6. The zero-order valence-corrected chi connectivity index (χ0v) is 25.5. The SMILES string of the molecule is CC1(OC(=O)O)O[C@H](COC(=O)c2ccccc2)[C@@H](OC(=O)c2ccccc2)[C@H](OC(=O)c2ccccc2)[C@@H]1OC(=O)c1ccccc1. The van der Waals surface area contributed by atoms with Gasteiger partial charge in [-0.3, -0.25) is 0 Å². The van der Waals surface area contributed by atoms with Crippen LogP contribution in [0.15, 0.2) is 121 Å². The Morgan fingerprint density at radius 2 is 0.958 bits per heavy atom. The van der Waals surface area contributed by atoms with Gasteiger partial charge in [-0.05, 0) is 48.5 Å². The van der Waals surface area contributed by atoms with Crippen LogP contribution in [0.4, 0.5) is 4.79 Å². The highest BCUT2D eigenvalue weighted by Gasteiger charge is 2.61. The fourth-order valence-electron chi connectivity index (χ4n) is 5.05. The number of carbonyl (C=O) groups is 5. The molecule has 1 N–H and O–H groups in total. The van der Waals surface area contributed by atoms with Gasteiger partial charge in [-0.25, -0.2) is 24.0 Å². The third-order valence-electron chi connectivity index (χ3n) is 7.32. The molecule has 0 aromatic heterocycles. The van der Waals surface area contributed by atoms with Crippen LogP contribution in [0.25, 0.3) is 0 Å². The van der Waals surface area contributed by atoms with E-state index in [2.05, 4.69) is 0 Å². The lowest BCUT2D eigenvalue weighted by Crippen LogP contribution is -2.68. The molecule has 0 bridgehead atoms. The molecule has 1 heterocycles. The minimum Gasteiger partial charge on any atom is -0.459 e. The van der Waals surface area contributed by atoms with Crippen molar-refractivity contribution in [3.63, 3.8) is 0 Å². The van der Waals surface area contributed by atoms with E-state index < -0.39 is 66.8 Å². The van der Waals surface area contributed by atoms with Crippen LogP contribution in [-0.2, 0) is 28.4 Å². The molecule has 0 aliphatic carbocycles. The predicted molar refractivity (Wildman–Crippen MR) is 166 cm³/mol. The zero-order valence-electron chi connectivity index (χ0n) is 25.5. The molecule has 0 saturated carbocycles. The second kappa shape index (κ2) is 15.1. The fourth-order valence-corrected chi connectivity index (χ4v) is 5.05. The van der Waals surface area contributed by atoms with E-state index in [0.29, 0.717) is 0 Å². The summed E-state index contributed by atoms with van der Waals surface area (Å²) in [4.78, 5) is 65.3. The van der Waals surface area contributed by atoms with Crippen molar-refractivity contribution < 1.29 is 57.5 Å². The van der Waals surface area contributed by atoms with Gasteiger partial charge in [-0.15, -0.1) is 0 Å². The third-order valence-corrected chi connectivity index (χ3v) is 7.32. The number of benzene rings is 4. The first kappa shape index (κ1) is 33.4. The summed E-state index contributed by atoms with van der Waals surface area (Å²) in [5, 5.41) is 9.74. The Hall–Kier alpha value is -6.01. The van der Waals surface area contributed by atoms with Gasteiger partial charge in [0, 0.05) is 6.92 Å². The van der Waals surface area contributed by atoms with Crippen molar-refractivity contribution in [2.75, 3.05) is 6.61 Å². The summed E-state index contributed by atoms with van der Waals surface area (Å²) in [7, 11) is 0. The molecule has 0 spiro atoms. The Morgan fingerprint density at radius 1 is 0.583 bits per heavy atom. The Labute approximate surface area is 274 Å². The van der Waals surface area contributed by atoms with Gasteiger partial charge in [0.25, 0.3) is 5.79 Å². The van der Waals surface area contributed by atoms with E-state index in [0.717, 1.165) is 6.92 Å². The number of hydrogen-bond acceptors (Lipinski definition) is 11. The largest absolute Gasteiger partial charge is 0.508 e. The van der Waals surface area contributed by atoms with Gasteiger partial charge in [0.15, 0.2) is 12.2 Å². The second-order valence-corrected chi connectivity index (χ2v) is 10.7. The first-order chi connectivity index (χ1) is 23.1. The van der Waals surface area contributed by atoms with Crippen LogP contribution in [-0.4, -0.2) is 71.9 Å².